The summed E-state index contributed by atoms with van der Waals surface area (Å²) in [7, 11) is 0. The van der Waals surface area contributed by atoms with E-state index in [0.29, 0.717) is 50.4 Å². The zero-order valence-electron chi connectivity index (χ0n) is 18.2. The quantitative estimate of drug-likeness (QED) is 0.655. The van der Waals surface area contributed by atoms with Crippen molar-refractivity contribution in [2.45, 2.75) is 6.42 Å². The predicted molar refractivity (Wildman–Crippen MR) is 126 cm³/mol. The van der Waals surface area contributed by atoms with E-state index in [2.05, 4.69) is 16.3 Å². The Bertz CT molecular complexity index is 1080. The Labute approximate surface area is 197 Å². The van der Waals surface area contributed by atoms with E-state index in [-0.39, 0.29) is 28.5 Å². The highest BCUT2D eigenvalue weighted by atomic mass is 35.5. The molecule has 2 saturated heterocycles. The normalized spacial score (nSPS) is 18.7. The Morgan fingerprint density at radius 3 is 2.64 bits per heavy atom. The van der Waals surface area contributed by atoms with Gasteiger partial charge in [-0.15, -0.1) is 0 Å². The average Bonchev–Trinajstić information content (AvgIpc) is 3.30. The second-order valence-electron chi connectivity index (χ2n) is 8.41. The summed E-state index contributed by atoms with van der Waals surface area (Å²) in [6, 6.07) is 14.2. The molecule has 2 aromatic rings. The number of phenolic OH excluding ortho intramolecular Hbond substituents is 1. The molecule has 2 N–H and O–H groups in total. The molecular weight excluding hydrogens is 442 g/mol. The van der Waals surface area contributed by atoms with Gasteiger partial charge in [-0.25, -0.2) is 0 Å². The summed E-state index contributed by atoms with van der Waals surface area (Å²) in [5.74, 6) is -0.266. The number of phenols is 1. The number of anilines is 2. The fraction of sp³-hybridized carbons (Fsp3) is 0.375. The minimum atomic E-state index is -0.199. The molecule has 8 nitrogen and oxygen atoms in total. The summed E-state index contributed by atoms with van der Waals surface area (Å²) in [4.78, 5) is 31.5. The first kappa shape index (κ1) is 22.9. The van der Waals surface area contributed by atoms with Gasteiger partial charge in [0.1, 0.15) is 5.75 Å². The van der Waals surface area contributed by atoms with Crippen molar-refractivity contribution in [2.75, 3.05) is 56.0 Å². The molecular formula is C24H26ClN5O3. The molecule has 2 aliphatic rings. The SMILES string of the molecule is N#Cc1cccc(N2CCN(C(=O)CN3CC[C@@H](C(=O)Nc4ccc(O)c(Cl)c4)C3)CC2)c1. The van der Waals surface area contributed by atoms with Crippen molar-refractivity contribution >= 4 is 34.8 Å². The number of benzene rings is 2. The zero-order valence-corrected chi connectivity index (χ0v) is 19.0. The van der Waals surface area contributed by atoms with Crippen LogP contribution in [0.2, 0.25) is 5.02 Å². The van der Waals surface area contributed by atoms with E-state index in [4.69, 9.17) is 16.9 Å². The molecule has 0 radical (unpaired) electrons. The van der Waals surface area contributed by atoms with Gasteiger partial charge in [0.05, 0.1) is 29.1 Å². The summed E-state index contributed by atoms with van der Waals surface area (Å²) in [6.07, 6.45) is 0.688. The number of likely N-dealkylation sites (tertiary alicyclic amines) is 1. The number of carbonyl (C=O) groups excluding carboxylic acids is 2. The maximum absolute atomic E-state index is 12.8. The molecule has 172 valence electrons. The van der Waals surface area contributed by atoms with Gasteiger partial charge in [0, 0.05) is 44.1 Å². The van der Waals surface area contributed by atoms with Gasteiger partial charge >= 0.3 is 0 Å². The summed E-state index contributed by atoms with van der Waals surface area (Å²) in [5, 5.41) is 21.6. The lowest BCUT2D eigenvalue weighted by Crippen LogP contribution is -2.51. The Balaban J connectivity index is 1.24. The molecule has 0 saturated carbocycles. The van der Waals surface area contributed by atoms with Gasteiger partial charge in [-0.1, -0.05) is 17.7 Å². The molecule has 0 spiro atoms. The van der Waals surface area contributed by atoms with Crippen LogP contribution in [0, 0.1) is 17.2 Å². The van der Waals surface area contributed by atoms with Crippen LogP contribution in [-0.2, 0) is 9.59 Å². The number of hydrogen-bond acceptors (Lipinski definition) is 6. The standard InChI is InChI=1S/C24H26ClN5O3/c25-21-13-19(4-5-22(21)31)27-24(33)18-6-7-28(15-18)16-23(32)30-10-8-29(9-11-30)20-3-1-2-17(12-20)14-26/h1-5,12-13,18,31H,6-11,15-16H2,(H,27,33)/t18-/m1/s1. The highest BCUT2D eigenvalue weighted by Gasteiger charge is 2.31. The van der Waals surface area contributed by atoms with Crippen molar-refractivity contribution in [3.63, 3.8) is 0 Å². The van der Waals surface area contributed by atoms with Gasteiger partial charge in [0.15, 0.2) is 0 Å². The third-order valence-electron chi connectivity index (χ3n) is 6.19. The number of amides is 2. The van der Waals surface area contributed by atoms with Crippen molar-refractivity contribution in [3.05, 3.63) is 53.1 Å². The first-order valence-electron chi connectivity index (χ1n) is 11.0. The summed E-state index contributed by atoms with van der Waals surface area (Å²) in [5.41, 5.74) is 2.17. The largest absolute Gasteiger partial charge is 0.506 e. The predicted octanol–water partition coefficient (Wildman–Crippen LogP) is 2.53. The molecule has 2 amide bonds. The van der Waals surface area contributed by atoms with Crippen molar-refractivity contribution in [1.82, 2.24) is 9.80 Å². The smallest absolute Gasteiger partial charge is 0.236 e. The lowest BCUT2D eigenvalue weighted by atomic mass is 10.1. The van der Waals surface area contributed by atoms with E-state index in [1.54, 1.807) is 12.1 Å². The molecule has 0 unspecified atom stereocenters. The van der Waals surface area contributed by atoms with Crippen LogP contribution in [0.15, 0.2) is 42.5 Å². The molecule has 2 fully saturated rings. The van der Waals surface area contributed by atoms with E-state index in [1.807, 2.05) is 28.0 Å². The Morgan fingerprint density at radius 2 is 1.91 bits per heavy atom. The van der Waals surface area contributed by atoms with Gasteiger partial charge in [-0.05, 0) is 49.4 Å². The lowest BCUT2D eigenvalue weighted by Gasteiger charge is -2.36. The van der Waals surface area contributed by atoms with Crippen LogP contribution in [0.4, 0.5) is 11.4 Å². The number of nitrogens with zero attached hydrogens (tertiary/aromatic N) is 4. The van der Waals surface area contributed by atoms with E-state index in [1.165, 1.54) is 12.1 Å². The zero-order chi connectivity index (χ0) is 23.4. The second kappa shape index (κ2) is 10.1. The van der Waals surface area contributed by atoms with Crippen LogP contribution < -0.4 is 10.2 Å². The first-order valence-corrected chi connectivity index (χ1v) is 11.4. The van der Waals surface area contributed by atoms with Crippen LogP contribution in [-0.4, -0.2) is 72.5 Å². The Kier molecular flexibility index (Phi) is 7.02. The molecule has 0 aromatic heterocycles. The van der Waals surface area contributed by atoms with Crippen molar-refractivity contribution < 1.29 is 14.7 Å². The fourth-order valence-corrected chi connectivity index (χ4v) is 4.48. The summed E-state index contributed by atoms with van der Waals surface area (Å²) < 4.78 is 0. The highest BCUT2D eigenvalue weighted by molar-refractivity contribution is 6.32. The van der Waals surface area contributed by atoms with Gasteiger partial charge in [-0.2, -0.15) is 5.26 Å². The third kappa shape index (κ3) is 5.56. The molecule has 33 heavy (non-hydrogen) atoms. The number of nitriles is 1. The second-order valence-corrected chi connectivity index (χ2v) is 8.81. The van der Waals surface area contributed by atoms with Crippen molar-refractivity contribution in [1.29, 1.82) is 5.26 Å². The maximum atomic E-state index is 12.8. The number of rotatable bonds is 5. The van der Waals surface area contributed by atoms with Crippen LogP contribution in [0.5, 0.6) is 5.75 Å². The minimum Gasteiger partial charge on any atom is -0.506 e. The van der Waals surface area contributed by atoms with Crippen LogP contribution in [0.1, 0.15) is 12.0 Å². The number of nitrogens with one attached hydrogen (secondary N) is 1. The van der Waals surface area contributed by atoms with Gasteiger partial charge in [0.25, 0.3) is 0 Å². The molecule has 4 rings (SSSR count). The van der Waals surface area contributed by atoms with Crippen LogP contribution in [0.3, 0.4) is 0 Å². The van der Waals surface area contributed by atoms with E-state index < -0.39 is 0 Å². The van der Waals surface area contributed by atoms with E-state index >= 15 is 0 Å². The van der Waals surface area contributed by atoms with E-state index in [9.17, 15) is 14.7 Å². The van der Waals surface area contributed by atoms with E-state index in [0.717, 1.165) is 18.8 Å². The van der Waals surface area contributed by atoms with Crippen LogP contribution >= 0.6 is 11.6 Å². The molecule has 1 atom stereocenters. The van der Waals surface area contributed by atoms with Crippen molar-refractivity contribution in [3.8, 4) is 11.8 Å². The molecule has 0 bridgehead atoms. The summed E-state index contributed by atoms with van der Waals surface area (Å²) in [6.45, 7) is 4.25. The minimum absolute atomic E-state index is 0.0308. The molecule has 9 heteroatoms. The van der Waals surface area contributed by atoms with Gasteiger partial charge in [0.2, 0.25) is 11.8 Å². The number of aromatic hydroxyl groups is 1. The Hall–Kier alpha value is -3.28. The molecule has 0 aliphatic carbocycles. The third-order valence-corrected chi connectivity index (χ3v) is 6.49. The molecule has 2 heterocycles. The lowest BCUT2D eigenvalue weighted by molar-refractivity contribution is -0.132. The van der Waals surface area contributed by atoms with Gasteiger partial charge < -0.3 is 20.2 Å². The molecule has 2 aliphatic heterocycles. The first-order chi connectivity index (χ1) is 15.9. The number of carbonyl (C=O) groups is 2. The number of hydrogen-bond donors (Lipinski definition) is 2. The highest BCUT2D eigenvalue weighted by Crippen LogP contribution is 2.27. The monoisotopic (exact) mass is 467 g/mol. The van der Waals surface area contributed by atoms with Crippen LogP contribution in [0.25, 0.3) is 0 Å². The topological polar surface area (TPSA) is 99.9 Å². The molecule has 2 aromatic carbocycles. The number of piperazine rings is 1. The fourth-order valence-electron chi connectivity index (χ4n) is 4.30. The van der Waals surface area contributed by atoms with Gasteiger partial charge in [-0.3, -0.25) is 14.5 Å². The maximum Gasteiger partial charge on any atom is 0.236 e. The number of halogens is 1. The van der Waals surface area contributed by atoms with Crippen molar-refractivity contribution in [2.24, 2.45) is 5.92 Å². The average molecular weight is 468 g/mol. The Morgan fingerprint density at radius 1 is 1.12 bits per heavy atom. The summed E-state index contributed by atoms with van der Waals surface area (Å²) >= 11 is 5.90.